The Hall–Kier alpha value is -4.20. The van der Waals surface area contributed by atoms with Gasteiger partial charge >= 0.3 is 6.09 Å². The molecule has 2 aromatic carbocycles. The molecular formula is C31H35N3O5. The molecule has 0 radical (unpaired) electrons. The van der Waals surface area contributed by atoms with Gasteiger partial charge in [0.2, 0.25) is 0 Å². The van der Waals surface area contributed by atoms with Gasteiger partial charge in [0.1, 0.15) is 23.9 Å². The standard InChI is InChI=1S/C31H35N3O5/c1-4-17-38-31(36)34-16-6-7-25-28(21-9-13-23(14-10-21)37-5-2)33-27-15-11-22(18-26(27)29(25)34)30(35)32-19-24-12-8-20(3)39-24/h4,8-15,18,25,28-29,33H,1,5-7,16-17,19H2,2-3H3,(H,32,35)/t25-,28?,29-/m0/s1. The van der Waals surface area contributed by atoms with Gasteiger partial charge < -0.3 is 29.4 Å². The molecule has 8 heteroatoms. The number of nitrogens with zero attached hydrogens (tertiary/aromatic N) is 1. The van der Waals surface area contributed by atoms with Gasteiger partial charge in [-0.3, -0.25) is 4.79 Å². The summed E-state index contributed by atoms with van der Waals surface area (Å²) in [4.78, 5) is 28.1. The number of hydrogen-bond acceptors (Lipinski definition) is 6. The second-order valence-corrected chi connectivity index (χ2v) is 9.93. The SMILES string of the molecule is C=CCOC(=O)N1CCC[C@H]2C(c3ccc(OCC)cc3)Nc3ccc(C(=O)NCc4ccc(C)o4)cc3[C@H]21. The Labute approximate surface area is 229 Å². The zero-order valence-electron chi connectivity index (χ0n) is 22.4. The van der Waals surface area contributed by atoms with Crippen molar-refractivity contribution in [2.45, 2.75) is 45.3 Å². The van der Waals surface area contributed by atoms with Crippen molar-refractivity contribution in [1.82, 2.24) is 10.2 Å². The second kappa shape index (κ2) is 11.7. The summed E-state index contributed by atoms with van der Waals surface area (Å²) < 4.78 is 16.7. The highest BCUT2D eigenvalue weighted by Gasteiger charge is 2.45. The van der Waals surface area contributed by atoms with Gasteiger partial charge in [-0.15, -0.1) is 0 Å². The Balaban J connectivity index is 1.47. The molecular weight excluding hydrogens is 494 g/mol. The van der Waals surface area contributed by atoms with Crippen molar-refractivity contribution in [2.75, 3.05) is 25.1 Å². The normalized spacial score (nSPS) is 19.7. The molecule has 2 amide bonds. The molecule has 3 aromatic rings. The fraction of sp³-hybridized carbons (Fsp3) is 0.355. The minimum absolute atomic E-state index is 0.0185. The molecule has 39 heavy (non-hydrogen) atoms. The first-order chi connectivity index (χ1) is 19.0. The van der Waals surface area contributed by atoms with Crippen LogP contribution in [0.2, 0.25) is 0 Å². The van der Waals surface area contributed by atoms with Crippen molar-refractivity contribution in [3.8, 4) is 5.75 Å². The summed E-state index contributed by atoms with van der Waals surface area (Å²) in [6, 6.07) is 17.2. The molecule has 5 rings (SSSR count). The highest BCUT2D eigenvalue weighted by Crippen LogP contribution is 2.50. The highest BCUT2D eigenvalue weighted by molar-refractivity contribution is 5.95. The summed E-state index contributed by atoms with van der Waals surface area (Å²) in [5, 5.41) is 6.65. The predicted molar refractivity (Wildman–Crippen MR) is 149 cm³/mol. The van der Waals surface area contributed by atoms with Crippen LogP contribution in [0.25, 0.3) is 0 Å². The van der Waals surface area contributed by atoms with Gasteiger partial charge in [-0.05, 0) is 80.3 Å². The fourth-order valence-corrected chi connectivity index (χ4v) is 5.66. The van der Waals surface area contributed by atoms with E-state index in [0.29, 0.717) is 31.0 Å². The Morgan fingerprint density at radius 3 is 2.72 bits per heavy atom. The van der Waals surface area contributed by atoms with Gasteiger partial charge in [-0.1, -0.05) is 24.8 Å². The van der Waals surface area contributed by atoms with E-state index in [2.05, 4.69) is 29.3 Å². The monoisotopic (exact) mass is 529 g/mol. The number of furan rings is 1. The maximum absolute atomic E-state index is 13.2. The Morgan fingerprint density at radius 2 is 2.00 bits per heavy atom. The van der Waals surface area contributed by atoms with Crippen molar-refractivity contribution < 1.29 is 23.5 Å². The molecule has 0 aliphatic carbocycles. The van der Waals surface area contributed by atoms with E-state index < -0.39 is 0 Å². The van der Waals surface area contributed by atoms with Crippen LogP contribution in [-0.4, -0.2) is 36.7 Å². The molecule has 1 saturated heterocycles. The topological polar surface area (TPSA) is 93.0 Å². The van der Waals surface area contributed by atoms with Crippen LogP contribution in [0.5, 0.6) is 5.75 Å². The molecule has 2 aliphatic rings. The number of anilines is 1. The van der Waals surface area contributed by atoms with E-state index >= 15 is 0 Å². The smallest absolute Gasteiger partial charge is 0.410 e. The van der Waals surface area contributed by atoms with Crippen LogP contribution in [0.4, 0.5) is 10.5 Å². The van der Waals surface area contributed by atoms with Crippen LogP contribution in [0.15, 0.2) is 71.7 Å². The molecule has 0 bridgehead atoms. The quantitative estimate of drug-likeness (QED) is 0.340. The molecule has 3 atom stereocenters. The van der Waals surface area contributed by atoms with Crippen LogP contribution < -0.4 is 15.4 Å². The van der Waals surface area contributed by atoms with Crippen molar-refractivity contribution in [3.05, 3.63) is 95.5 Å². The summed E-state index contributed by atoms with van der Waals surface area (Å²) in [7, 11) is 0. The summed E-state index contributed by atoms with van der Waals surface area (Å²) in [6.07, 6.45) is 2.99. The molecule has 2 aliphatic heterocycles. The van der Waals surface area contributed by atoms with E-state index in [4.69, 9.17) is 13.9 Å². The van der Waals surface area contributed by atoms with Gasteiger partial charge in [0.15, 0.2) is 0 Å². The molecule has 2 N–H and O–H groups in total. The minimum atomic E-state index is -0.370. The lowest BCUT2D eigenvalue weighted by molar-refractivity contribution is 0.0505. The lowest BCUT2D eigenvalue weighted by Gasteiger charge is -2.48. The number of benzene rings is 2. The van der Waals surface area contributed by atoms with E-state index in [1.807, 2.05) is 61.2 Å². The first kappa shape index (κ1) is 26.4. The van der Waals surface area contributed by atoms with Gasteiger partial charge in [-0.25, -0.2) is 4.79 Å². The molecule has 204 valence electrons. The number of ether oxygens (including phenoxy) is 2. The number of hydrogen-bond donors (Lipinski definition) is 2. The number of amides is 2. The van der Waals surface area contributed by atoms with E-state index in [0.717, 1.165) is 41.2 Å². The molecule has 1 unspecified atom stereocenters. The van der Waals surface area contributed by atoms with Gasteiger partial charge in [0.05, 0.1) is 25.2 Å². The van der Waals surface area contributed by atoms with Crippen molar-refractivity contribution >= 4 is 17.7 Å². The summed E-state index contributed by atoms with van der Waals surface area (Å²) in [5.41, 5.74) is 3.47. The molecule has 1 aromatic heterocycles. The number of rotatable bonds is 8. The summed E-state index contributed by atoms with van der Waals surface area (Å²) >= 11 is 0. The third kappa shape index (κ3) is 5.65. The first-order valence-electron chi connectivity index (χ1n) is 13.5. The molecule has 0 spiro atoms. The number of nitrogens with one attached hydrogen (secondary N) is 2. The van der Waals surface area contributed by atoms with Crippen molar-refractivity contribution in [2.24, 2.45) is 5.92 Å². The fourth-order valence-electron chi connectivity index (χ4n) is 5.66. The average molecular weight is 530 g/mol. The number of carbonyl (C=O) groups excluding carboxylic acids is 2. The molecule has 1 fully saturated rings. The lowest BCUT2D eigenvalue weighted by atomic mass is 9.74. The third-order valence-electron chi connectivity index (χ3n) is 7.38. The van der Waals surface area contributed by atoms with E-state index in [9.17, 15) is 9.59 Å². The van der Waals surface area contributed by atoms with Crippen LogP contribution in [0, 0.1) is 12.8 Å². The zero-order valence-corrected chi connectivity index (χ0v) is 22.4. The maximum Gasteiger partial charge on any atom is 0.410 e. The summed E-state index contributed by atoms with van der Waals surface area (Å²) in [6.45, 7) is 9.15. The largest absolute Gasteiger partial charge is 0.494 e. The van der Waals surface area contributed by atoms with Crippen LogP contribution in [-0.2, 0) is 11.3 Å². The number of fused-ring (bicyclic) bond motifs is 3. The molecule has 3 heterocycles. The van der Waals surface area contributed by atoms with Crippen LogP contribution in [0.3, 0.4) is 0 Å². The van der Waals surface area contributed by atoms with Gasteiger partial charge in [0, 0.05) is 23.7 Å². The van der Waals surface area contributed by atoms with Gasteiger partial charge in [-0.2, -0.15) is 0 Å². The second-order valence-electron chi connectivity index (χ2n) is 9.93. The van der Waals surface area contributed by atoms with Crippen molar-refractivity contribution in [1.29, 1.82) is 0 Å². The summed E-state index contributed by atoms with van der Waals surface area (Å²) in [5.74, 6) is 2.21. The maximum atomic E-state index is 13.2. The first-order valence-corrected chi connectivity index (χ1v) is 13.5. The Morgan fingerprint density at radius 1 is 1.18 bits per heavy atom. The zero-order chi connectivity index (χ0) is 27.4. The predicted octanol–water partition coefficient (Wildman–Crippen LogP) is 6.16. The third-order valence-corrected chi connectivity index (χ3v) is 7.38. The van der Waals surface area contributed by atoms with E-state index in [1.54, 1.807) is 6.08 Å². The Kier molecular flexibility index (Phi) is 7.91. The van der Waals surface area contributed by atoms with Crippen molar-refractivity contribution in [3.63, 3.8) is 0 Å². The van der Waals surface area contributed by atoms with E-state index in [1.165, 1.54) is 0 Å². The number of likely N-dealkylation sites (tertiary alicyclic amines) is 1. The highest BCUT2D eigenvalue weighted by atomic mass is 16.6. The van der Waals surface area contributed by atoms with Gasteiger partial charge in [0.25, 0.3) is 5.91 Å². The molecule has 8 nitrogen and oxygen atoms in total. The number of piperidine rings is 1. The lowest BCUT2D eigenvalue weighted by Crippen LogP contribution is -2.48. The molecule has 0 saturated carbocycles. The Bertz CT molecular complexity index is 1330. The minimum Gasteiger partial charge on any atom is -0.494 e. The number of aryl methyl sites for hydroxylation is 1. The average Bonchev–Trinajstić information content (AvgIpc) is 3.39. The van der Waals surface area contributed by atoms with E-state index in [-0.39, 0.29) is 36.6 Å². The van der Waals surface area contributed by atoms with Crippen LogP contribution in [0.1, 0.15) is 64.9 Å². The number of carbonyl (C=O) groups is 2. The van der Waals surface area contributed by atoms with Crippen LogP contribution >= 0.6 is 0 Å².